The molecule has 7 nitrogen and oxygen atoms in total. The maximum Gasteiger partial charge on any atom is 0.435 e. The van der Waals surface area contributed by atoms with E-state index in [-0.39, 0.29) is 24.2 Å². The number of rotatable bonds is 6. The van der Waals surface area contributed by atoms with E-state index in [9.17, 15) is 19.6 Å². The monoisotopic (exact) mass is 397 g/mol. The lowest BCUT2D eigenvalue weighted by Crippen LogP contribution is -2.59. The molecule has 2 aromatic carbocycles. The van der Waals surface area contributed by atoms with Gasteiger partial charge in [-0.1, -0.05) is 48.5 Å². The van der Waals surface area contributed by atoms with Gasteiger partial charge in [-0.05, 0) is 43.0 Å². The van der Waals surface area contributed by atoms with Crippen molar-refractivity contribution >= 4 is 17.8 Å². The first-order valence-corrected chi connectivity index (χ1v) is 9.34. The summed E-state index contributed by atoms with van der Waals surface area (Å²) in [7, 11) is 0. The molecular weight excluding hydrogens is 374 g/mol. The molecule has 1 aliphatic rings. The van der Waals surface area contributed by atoms with Crippen LogP contribution in [0.1, 0.15) is 37.8 Å². The lowest BCUT2D eigenvalue weighted by atomic mass is 9.97. The number of esters is 1. The summed E-state index contributed by atoms with van der Waals surface area (Å²) in [5, 5.41) is 10.3. The van der Waals surface area contributed by atoms with Crippen LogP contribution in [0.5, 0.6) is 0 Å². The molecule has 29 heavy (non-hydrogen) atoms. The zero-order valence-electron chi connectivity index (χ0n) is 16.5. The third-order valence-corrected chi connectivity index (χ3v) is 5.29. The molecule has 0 spiro atoms. The topological polar surface area (TPSA) is 93.1 Å². The molecule has 1 aliphatic carbocycles. The van der Waals surface area contributed by atoms with Gasteiger partial charge in [0.2, 0.25) is 5.54 Å². The van der Waals surface area contributed by atoms with Crippen molar-refractivity contribution < 1.29 is 29.1 Å². The third kappa shape index (κ3) is 3.49. The molecule has 152 valence electrons. The zero-order valence-corrected chi connectivity index (χ0v) is 16.5. The number of fused-ring (bicyclic) bond motifs is 3. The van der Waals surface area contributed by atoms with Crippen molar-refractivity contribution in [2.45, 2.75) is 32.2 Å². The van der Waals surface area contributed by atoms with Gasteiger partial charge in [-0.15, -0.1) is 0 Å². The number of nitrogens with zero attached hydrogens (tertiary/aromatic N) is 1. The first kappa shape index (κ1) is 20.5. The van der Waals surface area contributed by atoms with Gasteiger partial charge >= 0.3 is 12.1 Å². The van der Waals surface area contributed by atoms with Crippen LogP contribution in [0.15, 0.2) is 48.5 Å². The van der Waals surface area contributed by atoms with Gasteiger partial charge in [0.25, 0.3) is 0 Å². The largest absolute Gasteiger partial charge is 0.464 e. The standard InChI is InChI=1S/C22H23NO6/c1-4-28-20(25)22(3,14(2)24)23(27)21(26)29-13-19-17-11-7-5-9-15(17)16-10-6-8-12-18(16)19/h5-12,19,27H,4,13H2,1-3H3. The lowest BCUT2D eigenvalue weighted by Gasteiger charge is -2.31. The molecule has 1 unspecified atom stereocenters. The fourth-order valence-electron chi connectivity index (χ4n) is 3.49. The normalized spacial score (nSPS) is 14.3. The number of hydrogen-bond donors (Lipinski definition) is 1. The SMILES string of the molecule is CCOC(=O)C(C)(C(C)=O)N(O)C(=O)OCC1c2ccccc2-c2ccccc21. The third-order valence-electron chi connectivity index (χ3n) is 5.29. The molecule has 7 heteroatoms. The number of hydroxylamine groups is 2. The predicted molar refractivity (Wildman–Crippen MR) is 104 cm³/mol. The highest BCUT2D eigenvalue weighted by molar-refractivity contribution is 6.08. The quantitative estimate of drug-likeness (QED) is 0.347. The van der Waals surface area contributed by atoms with Gasteiger partial charge in [-0.3, -0.25) is 10.0 Å². The molecular formula is C22H23NO6. The summed E-state index contributed by atoms with van der Waals surface area (Å²) in [5.74, 6) is -1.98. The highest BCUT2D eigenvalue weighted by atomic mass is 16.6. The number of ketones is 1. The Balaban J connectivity index is 1.80. The van der Waals surface area contributed by atoms with E-state index in [0.29, 0.717) is 0 Å². The number of hydrogen-bond acceptors (Lipinski definition) is 6. The van der Waals surface area contributed by atoms with E-state index in [4.69, 9.17) is 9.47 Å². The van der Waals surface area contributed by atoms with Crippen LogP contribution in [0.4, 0.5) is 4.79 Å². The van der Waals surface area contributed by atoms with Crippen molar-refractivity contribution in [3.05, 3.63) is 59.7 Å². The Kier molecular flexibility index (Phi) is 5.70. The lowest BCUT2D eigenvalue weighted by molar-refractivity contribution is -0.187. The van der Waals surface area contributed by atoms with Crippen LogP contribution in [0.2, 0.25) is 0 Å². The second kappa shape index (κ2) is 8.05. The van der Waals surface area contributed by atoms with Crippen molar-refractivity contribution in [1.82, 2.24) is 5.06 Å². The van der Waals surface area contributed by atoms with Crippen molar-refractivity contribution in [1.29, 1.82) is 0 Å². The minimum atomic E-state index is -2.18. The van der Waals surface area contributed by atoms with Crippen LogP contribution < -0.4 is 0 Å². The van der Waals surface area contributed by atoms with Crippen LogP contribution in [0.25, 0.3) is 11.1 Å². The smallest absolute Gasteiger partial charge is 0.435 e. The molecule has 3 rings (SSSR count). The number of Topliss-reactive ketones (excluding diaryl/α,β-unsaturated/α-hetero) is 1. The van der Waals surface area contributed by atoms with E-state index in [0.717, 1.165) is 36.1 Å². The summed E-state index contributed by atoms with van der Waals surface area (Å²) in [6, 6.07) is 15.6. The molecule has 0 bridgehead atoms. The van der Waals surface area contributed by atoms with Gasteiger partial charge in [0, 0.05) is 5.92 Å². The van der Waals surface area contributed by atoms with Gasteiger partial charge in [-0.2, -0.15) is 5.06 Å². The first-order valence-electron chi connectivity index (χ1n) is 9.34. The second-order valence-corrected chi connectivity index (χ2v) is 6.96. The fourth-order valence-corrected chi connectivity index (χ4v) is 3.49. The molecule has 0 heterocycles. The highest BCUT2D eigenvalue weighted by Crippen LogP contribution is 2.44. The van der Waals surface area contributed by atoms with Crippen LogP contribution in [0.3, 0.4) is 0 Å². The van der Waals surface area contributed by atoms with Crippen LogP contribution >= 0.6 is 0 Å². The van der Waals surface area contributed by atoms with Crippen molar-refractivity contribution in [3.8, 4) is 11.1 Å². The van der Waals surface area contributed by atoms with E-state index in [1.165, 1.54) is 0 Å². The number of carbonyl (C=O) groups excluding carboxylic acids is 3. The summed E-state index contributed by atoms with van der Waals surface area (Å²) >= 11 is 0. The molecule has 0 radical (unpaired) electrons. The zero-order chi connectivity index (χ0) is 21.2. The number of amides is 1. The summed E-state index contributed by atoms with van der Waals surface area (Å²) in [6.07, 6.45) is -1.20. The van der Waals surface area contributed by atoms with Crippen LogP contribution in [0, 0.1) is 0 Å². The second-order valence-electron chi connectivity index (χ2n) is 6.96. The minimum absolute atomic E-state index is 0.000231. The number of ether oxygens (including phenoxy) is 2. The van der Waals surface area contributed by atoms with E-state index in [1.807, 2.05) is 48.5 Å². The van der Waals surface area contributed by atoms with Crippen LogP contribution in [-0.4, -0.2) is 46.9 Å². The van der Waals surface area contributed by atoms with Crippen LogP contribution in [-0.2, 0) is 19.1 Å². The molecule has 0 aromatic heterocycles. The summed E-state index contributed by atoms with van der Waals surface area (Å²) in [4.78, 5) is 36.7. The van der Waals surface area contributed by atoms with E-state index in [1.54, 1.807) is 6.92 Å². The Morgan fingerprint density at radius 2 is 1.52 bits per heavy atom. The molecule has 0 fully saturated rings. The van der Waals surface area contributed by atoms with Gasteiger partial charge in [0.15, 0.2) is 5.78 Å². The molecule has 0 aliphatic heterocycles. The maximum absolute atomic E-state index is 12.5. The highest BCUT2D eigenvalue weighted by Gasteiger charge is 2.49. The summed E-state index contributed by atoms with van der Waals surface area (Å²) in [6.45, 7) is 3.72. The van der Waals surface area contributed by atoms with Crippen molar-refractivity contribution in [2.24, 2.45) is 0 Å². The summed E-state index contributed by atoms with van der Waals surface area (Å²) < 4.78 is 10.1. The molecule has 0 saturated heterocycles. The maximum atomic E-state index is 12.5. The fraction of sp³-hybridized carbons (Fsp3) is 0.318. The number of carbonyl (C=O) groups is 3. The Bertz CT molecular complexity index is 910. The van der Waals surface area contributed by atoms with Gasteiger partial charge in [0.05, 0.1) is 6.61 Å². The first-order chi connectivity index (χ1) is 13.8. The Morgan fingerprint density at radius 3 is 2.00 bits per heavy atom. The average molecular weight is 397 g/mol. The molecule has 1 N–H and O–H groups in total. The van der Waals surface area contributed by atoms with Gasteiger partial charge < -0.3 is 9.47 Å². The van der Waals surface area contributed by atoms with Gasteiger partial charge in [0.1, 0.15) is 6.61 Å². The van der Waals surface area contributed by atoms with E-state index in [2.05, 4.69) is 0 Å². The van der Waals surface area contributed by atoms with Gasteiger partial charge in [-0.25, -0.2) is 9.59 Å². The molecule has 1 amide bonds. The molecule has 0 saturated carbocycles. The van der Waals surface area contributed by atoms with Crippen molar-refractivity contribution in [2.75, 3.05) is 13.2 Å². The number of benzene rings is 2. The van der Waals surface area contributed by atoms with Crippen molar-refractivity contribution in [3.63, 3.8) is 0 Å². The van der Waals surface area contributed by atoms with E-state index < -0.39 is 23.4 Å². The Labute approximate surface area is 168 Å². The summed E-state index contributed by atoms with van der Waals surface area (Å²) in [5.41, 5.74) is 1.95. The Morgan fingerprint density at radius 1 is 1.00 bits per heavy atom. The average Bonchev–Trinajstić information content (AvgIpc) is 3.04. The molecule has 2 aromatic rings. The predicted octanol–water partition coefficient (Wildman–Crippen LogP) is 3.54. The minimum Gasteiger partial charge on any atom is -0.464 e. The Hall–Kier alpha value is -3.19. The van der Waals surface area contributed by atoms with E-state index >= 15 is 0 Å². The molecule has 1 atom stereocenters.